The topological polar surface area (TPSA) is 105 Å². The average molecular weight is 470 g/mol. The minimum Gasteiger partial charge on any atom is -0.481 e. The third-order valence-corrected chi connectivity index (χ3v) is 7.20. The van der Waals surface area contributed by atoms with E-state index in [1.165, 1.54) is 0 Å². The Labute approximate surface area is 194 Å². The fourth-order valence-electron chi connectivity index (χ4n) is 4.90. The van der Waals surface area contributed by atoms with Crippen molar-refractivity contribution in [3.63, 3.8) is 0 Å². The van der Waals surface area contributed by atoms with Crippen LogP contribution in [0.3, 0.4) is 0 Å². The van der Waals surface area contributed by atoms with E-state index >= 15 is 0 Å². The number of benzene rings is 2. The zero-order valence-corrected chi connectivity index (χ0v) is 18.2. The molecule has 0 saturated heterocycles. The van der Waals surface area contributed by atoms with Crippen molar-refractivity contribution >= 4 is 18.0 Å². The van der Waals surface area contributed by atoms with Crippen LogP contribution >= 0.6 is 0 Å². The lowest BCUT2D eigenvalue weighted by molar-refractivity contribution is -0.141. The number of halogens is 2. The highest BCUT2D eigenvalue weighted by Crippen LogP contribution is 2.55. The van der Waals surface area contributed by atoms with Crippen molar-refractivity contribution in [1.82, 2.24) is 10.6 Å². The van der Waals surface area contributed by atoms with Crippen LogP contribution in [0.25, 0.3) is 11.1 Å². The molecule has 7 nitrogen and oxygen atoms in total. The molecule has 2 fully saturated rings. The third-order valence-electron chi connectivity index (χ3n) is 7.20. The average Bonchev–Trinajstić information content (AvgIpc) is 3.69. The molecule has 178 valence electrons. The number of hydrogen-bond acceptors (Lipinski definition) is 4. The number of carbonyl (C=O) groups excluding carboxylic acids is 2. The lowest BCUT2D eigenvalue weighted by Gasteiger charge is -2.18. The number of amides is 2. The Kier molecular flexibility index (Phi) is 5.30. The summed E-state index contributed by atoms with van der Waals surface area (Å²) in [5, 5.41) is 13.9. The molecule has 5 rings (SSSR count). The molecule has 3 aliphatic rings. The molecule has 2 saturated carbocycles. The highest BCUT2D eigenvalue weighted by Gasteiger charge is 2.72. The number of carboxylic acids is 1. The van der Waals surface area contributed by atoms with Crippen LogP contribution in [0.4, 0.5) is 13.6 Å². The van der Waals surface area contributed by atoms with Gasteiger partial charge in [0.25, 0.3) is 5.92 Å². The van der Waals surface area contributed by atoms with Crippen LogP contribution in [0.15, 0.2) is 48.5 Å². The number of carboxylic acid groups (broad SMARTS) is 1. The quantitative estimate of drug-likeness (QED) is 0.549. The van der Waals surface area contributed by atoms with Gasteiger partial charge in [-0.3, -0.25) is 9.59 Å². The van der Waals surface area contributed by atoms with Gasteiger partial charge in [-0.05, 0) is 35.1 Å². The molecule has 2 aromatic rings. The second-order valence-corrected chi connectivity index (χ2v) is 9.27. The van der Waals surface area contributed by atoms with Gasteiger partial charge in [-0.1, -0.05) is 48.5 Å². The van der Waals surface area contributed by atoms with Gasteiger partial charge in [0.2, 0.25) is 5.91 Å². The van der Waals surface area contributed by atoms with Gasteiger partial charge < -0.3 is 20.5 Å². The smallest absolute Gasteiger partial charge is 0.407 e. The molecule has 0 heterocycles. The summed E-state index contributed by atoms with van der Waals surface area (Å²) in [6.07, 6.45) is 0.360. The SMILES string of the molecule is O=C(NCC1(C(=O)NC[C@H]2[C@@H](C(=O)O)C2(F)F)CC1)OCC1c2ccccc2-c2ccccc21. The molecule has 9 heteroatoms. The van der Waals surface area contributed by atoms with Crippen LogP contribution in [-0.2, 0) is 14.3 Å². The first-order valence-electron chi connectivity index (χ1n) is 11.2. The Morgan fingerprint density at radius 3 is 2.09 bits per heavy atom. The van der Waals surface area contributed by atoms with Gasteiger partial charge in [-0.25, -0.2) is 13.6 Å². The lowest BCUT2D eigenvalue weighted by atomic mass is 9.98. The van der Waals surface area contributed by atoms with Crippen molar-refractivity contribution in [3.05, 3.63) is 59.7 Å². The number of alkyl carbamates (subject to hydrolysis) is 1. The molecule has 2 atom stereocenters. The Bertz CT molecular complexity index is 1120. The zero-order chi connectivity index (χ0) is 24.1. The molecule has 3 N–H and O–H groups in total. The number of alkyl halides is 2. The molecule has 0 bridgehead atoms. The summed E-state index contributed by atoms with van der Waals surface area (Å²) >= 11 is 0. The largest absolute Gasteiger partial charge is 0.481 e. The fraction of sp³-hybridized carbons (Fsp3) is 0.400. The van der Waals surface area contributed by atoms with Gasteiger partial charge in [-0.2, -0.15) is 0 Å². The lowest BCUT2D eigenvalue weighted by Crippen LogP contribution is -2.41. The standard InChI is InChI=1S/C25H24F2N2O5/c26-25(27)19(20(25)21(30)31)11-28-22(32)24(9-10-24)13-29-23(33)34-12-18-16-7-3-1-5-14(16)15-6-2-4-8-17(15)18/h1-8,18-20H,9-13H2,(H,28,32)(H,29,33)(H,30,31)/t19-,20-/m0/s1. The van der Waals surface area contributed by atoms with E-state index in [1.807, 2.05) is 48.5 Å². The van der Waals surface area contributed by atoms with Crippen LogP contribution in [0, 0.1) is 17.3 Å². The van der Waals surface area contributed by atoms with E-state index in [2.05, 4.69) is 10.6 Å². The van der Waals surface area contributed by atoms with Gasteiger partial charge in [-0.15, -0.1) is 0 Å². The summed E-state index contributed by atoms with van der Waals surface area (Å²) in [6.45, 7) is -0.235. The van der Waals surface area contributed by atoms with E-state index in [0.717, 1.165) is 22.3 Å². The number of aliphatic carboxylic acids is 1. The first kappa shape index (κ1) is 22.3. The van der Waals surface area contributed by atoms with Crippen LogP contribution < -0.4 is 10.6 Å². The van der Waals surface area contributed by atoms with Gasteiger partial charge in [0.15, 0.2) is 0 Å². The summed E-state index contributed by atoms with van der Waals surface area (Å²) in [5.74, 6) is -8.59. The second kappa shape index (κ2) is 8.07. The summed E-state index contributed by atoms with van der Waals surface area (Å²) < 4.78 is 32.5. The summed E-state index contributed by atoms with van der Waals surface area (Å²) in [4.78, 5) is 35.7. The van der Waals surface area contributed by atoms with Crippen LogP contribution in [0.2, 0.25) is 0 Å². The first-order valence-corrected chi connectivity index (χ1v) is 11.2. The normalized spacial score (nSPS) is 22.8. The summed E-state index contributed by atoms with van der Waals surface area (Å²) in [5.41, 5.74) is 3.55. The van der Waals surface area contributed by atoms with E-state index in [-0.39, 0.29) is 19.1 Å². The maximum atomic E-state index is 13.5. The monoisotopic (exact) mass is 470 g/mol. The van der Waals surface area contributed by atoms with Crippen LogP contribution in [0.1, 0.15) is 29.9 Å². The number of rotatable bonds is 8. The molecule has 2 aromatic carbocycles. The number of ether oxygens (including phenoxy) is 1. The molecule has 0 radical (unpaired) electrons. The van der Waals surface area contributed by atoms with Crippen molar-refractivity contribution in [2.75, 3.05) is 19.7 Å². The number of nitrogens with one attached hydrogen (secondary N) is 2. The molecule has 0 aromatic heterocycles. The van der Waals surface area contributed by atoms with E-state index < -0.39 is 47.7 Å². The molecule has 2 amide bonds. The van der Waals surface area contributed by atoms with Gasteiger partial charge in [0, 0.05) is 19.0 Å². The van der Waals surface area contributed by atoms with Gasteiger partial charge in [0.1, 0.15) is 12.5 Å². The number of hydrogen-bond donors (Lipinski definition) is 3. The summed E-state index contributed by atoms with van der Waals surface area (Å²) in [7, 11) is 0. The van der Waals surface area contributed by atoms with Crippen molar-refractivity contribution in [1.29, 1.82) is 0 Å². The molecular formula is C25H24F2N2O5. The highest BCUT2D eigenvalue weighted by molar-refractivity contribution is 5.86. The maximum Gasteiger partial charge on any atom is 0.407 e. The molecule has 34 heavy (non-hydrogen) atoms. The molecule has 0 unspecified atom stereocenters. The van der Waals surface area contributed by atoms with Crippen LogP contribution in [-0.4, -0.2) is 48.7 Å². The van der Waals surface area contributed by atoms with Crippen LogP contribution in [0.5, 0.6) is 0 Å². The van der Waals surface area contributed by atoms with Crippen molar-refractivity contribution in [2.24, 2.45) is 17.3 Å². The van der Waals surface area contributed by atoms with Gasteiger partial charge >= 0.3 is 12.1 Å². The van der Waals surface area contributed by atoms with E-state index in [1.54, 1.807) is 0 Å². The molecule has 0 spiro atoms. The fourth-order valence-corrected chi connectivity index (χ4v) is 4.90. The summed E-state index contributed by atoms with van der Waals surface area (Å²) in [6, 6.07) is 16.0. The van der Waals surface area contributed by atoms with E-state index in [0.29, 0.717) is 12.8 Å². The van der Waals surface area contributed by atoms with Crippen molar-refractivity contribution < 1.29 is 33.0 Å². The second-order valence-electron chi connectivity index (χ2n) is 9.27. The highest BCUT2D eigenvalue weighted by atomic mass is 19.3. The Morgan fingerprint density at radius 1 is 0.971 bits per heavy atom. The Morgan fingerprint density at radius 2 is 1.56 bits per heavy atom. The Hall–Kier alpha value is -3.49. The molecule has 0 aliphatic heterocycles. The predicted octanol–water partition coefficient (Wildman–Crippen LogP) is 3.39. The number of fused-ring (bicyclic) bond motifs is 3. The third kappa shape index (κ3) is 3.78. The molecule has 3 aliphatic carbocycles. The van der Waals surface area contributed by atoms with E-state index in [9.17, 15) is 23.2 Å². The number of carbonyl (C=O) groups is 3. The van der Waals surface area contributed by atoms with Crippen molar-refractivity contribution in [2.45, 2.75) is 24.7 Å². The minimum atomic E-state index is -3.31. The van der Waals surface area contributed by atoms with E-state index in [4.69, 9.17) is 9.84 Å². The Balaban J connectivity index is 1.12. The minimum absolute atomic E-state index is 0.0267. The predicted molar refractivity (Wildman–Crippen MR) is 117 cm³/mol. The molecular weight excluding hydrogens is 446 g/mol. The first-order chi connectivity index (χ1) is 16.2. The maximum absolute atomic E-state index is 13.5. The zero-order valence-electron chi connectivity index (χ0n) is 18.2. The van der Waals surface area contributed by atoms with Gasteiger partial charge in [0.05, 0.1) is 11.3 Å². The van der Waals surface area contributed by atoms with Crippen molar-refractivity contribution in [3.8, 4) is 11.1 Å².